The van der Waals surface area contributed by atoms with Gasteiger partial charge in [-0.3, -0.25) is 0 Å². The first-order valence-corrected chi connectivity index (χ1v) is 5.79. The Morgan fingerprint density at radius 1 is 1.40 bits per heavy atom. The molecule has 15 heavy (non-hydrogen) atoms. The molecule has 84 valence electrons. The molecule has 2 aliphatic rings. The second-order valence-electron chi connectivity index (χ2n) is 4.64. The van der Waals surface area contributed by atoms with E-state index in [-0.39, 0.29) is 11.5 Å². The van der Waals surface area contributed by atoms with Crippen LogP contribution in [0.1, 0.15) is 32.6 Å². The van der Waals surface area contributed by atoms with Gasteiger partial charge in [-0.05, 0) is 19.3 Å². The number of β-amino-alcohol motifs (C(OH)–C–C–N with tert-alkyl or cyclic N) is 1. The molecular weight excluding hydrogens is 190 g/mol. The van der Waals surface area contributed by atoms with Gasteiger partial charge in [-0.25, -0.2) is 0 Å². The van der Waals surface area contributed by atoms with E-state index >= 15 is 0 Å². The monoisotopic (exact) mass is 209 g/mol. The van der Waals surface area contributed by atoms with Crippen molar-refractivity contribution in [3.8, 4) is 11.8 Å². The van der Waals surface area contributed by atoms with Crippen molar-refractivity contribution < 1.29 is 10.2 Å². The molecule has 2 rings (SSSR count). The van der Waals surface area contributed by atoms with Gasteiger partial charge in [0.25, 0.3) is 0 Å². The third kappa shape index (κ3) is 2.03. The van der Waals surface area contributed by atoms with Crippen LogP contribution in [0.15, 0.2) is 0 Å². The van der Waals surface area contributed by atoms with Crippen LogP contribution in [0.5, 0.6) is 0 Å². The van der Waals surface area contributed by atoms with E-state index in [1.54, 1.807) is 0 Å². The Labute approximate surface area is 90.9 Å². The Balaban J connectivity index is 2.08. The number of aliphatic hydroxyl groups excluding tert-OH is 2. The molecule has 3 unspecified atom stereocenters. The number of rotatable bonds is 1. The summed E-state index contributed by atoms with van der Waals surface area (Å²) in [5.74, 6) is 6.13. The summed E-state index contributed by atoms with van der Waals surface area (Å²) in [6, 6.07) is 0. The van der Waals surface area contributed by atoms with E-state index in [0.29, 0.717) is 6.54 Å². The number of aliphatic hydroxyl groups is 2. The quantitative estimate of drug-likeness (QED) is 0.543. The molecule has 0 radical (unpaired) electrons. The highest BCUT2D eigenvalue weighted by molar-refractivity contribution is 5.23. The molecule has 0 aromatic heterocycles. The lowest BCUT2D eigenvalue weighted by Gasteiger charge is -2.37. The zero-order valence-electron chi connectivity index (χ0n) is 9.16. The Morgan fingerprint density at radius 3 is 2.73 bits per heavy atom. The van der Waals surface area contributed by atoms with Crippen LogP contribution in [0.25, 0.3) is 0 Å². The van der Waals surface area contributed by atoms with Gasteiger partial charge in [-0.2, -0.15) is 0 Å². The molecular formula is C12H19NO2. The summed E-state index contributed by atoms with van der Waals surface area (Å²) >= 11 is 0. The molecule has 0 amide bonds. The Bertz CT molecular complexity index is 288. The van der Waals surface area contributed by atoms with Gasteiger partial charge in [0.15, 0.2) is 0 Å². The normalized spacial score (nSPS) is 37.1. The average Bonchev–Trinajstić information content (AvgIpc) is 2.99. The number of hydrogen-bond acceptors (Lipinski definition) is 3. The van der Waals surface area contributed by atoms with Gasteiger partial charge in [-0.1, -0.05) is 12.8 Å². The van der Waals surface area contributed by atoms with Crippen LogP contribution in [0.3, 0.4) is 0 Å². The van der Waals surface area contributed by atoms with Crippen molar-refractivity contribution in [3.63, 3.8) is 0 Å². The molecule has 3 nitrogen and oxygen atoms in total. The zero-order chi connectivity index (χ0) is 10.9. The summed E-state index contributed by atoms with van der Waals surface area (Å²) in [5, 5.41) is 22.8. The number of piperidine rings is 1. The predicted octanol–water partition coefficient (Wildman–Crippen LogP) is 0.264. The molecule has 3 atom stereocenters. The highest BCUT2D eigenvalue weighted by Crippen LogP contribution is 2.46. The van der Waals surface area contributed by atoms with Gasteiger partial charge in [0.1, 0.15) is 0 Å². The maximum atomic E-state index is 9.92. The predicted molar refractivity (Wildman–Crippen MR) is 58.2 cm³/mol. The minimum Gasteiger partial charge on any atom is -0.389 e. The molecule has 1 saturated heterocycles. The molecule has 1 aliphatic carbocycles. The summed E-state index contributed by atoms with van der Waals surface area (Å²) in [4.78, 5) is 0. The smallest absolute Gasteiger partial charge is 0.0966 e. The van der Waals surface area contributed by atoms with E-state index in [2.05, 4.69) is 24.1 Å². The second-order valence-corrected chi connectivity index (χ2v) is 4.64. The van der Waals surface area contributed by atoms with Gasteiger partial charge in [-0.15, -0.1) is 5.92 Å². The standard InChI is InChI=1S/C12H19NO2/c1-2-3-4-5-9-11(15)10(14)8-13-12(9)6-7-12/h9-11,13-15H,2-3,6-8H2,1H3. The molecule has 0 bridgehead atoms. The minimum absolute atomic E-state index is 0.0133. The summed E-state index contributed by atoms with van der Waals surface area (Å²) in [6.07, 6.45) is 2.70. The van der Waals surface area contributed by atoms with Crippen molar-refractivity contribution in [3.05, 3.63) is 0 Å². The van der Waals surface area contributed by atoms with Gasteiger partial charge in [0.2, 0.25) is 0 Å². The fourth-order valence-corrected chi connectivity index (χ4v) is 2.24. The summed E-state index contributed by atoms with van der Waals surface area (Å²) < 4.78 is 0. The van der Waals surface area contributed by atoms with Crippen LogP contribution < -0.4 is 5.32 Å². The summed E-state index contributed by atoms with van der Waals surface area (Å²) in [5.41, 5.74) is 0.0133. The van der Waals surface area contributed by atoms with Gasteiger partial charge in [0, 0.05) is 18.5 Å². The van der Waals surface area contributed by atoms with E-state index in [1.807, 2.05) is 0 Å². The van der Waals surface area contributed by atoms with Crippen LogP contribution in [0, 0.1) is 17.8 Å². The van der Waals surface area contributed by atoms with Crippen LogP contribution >= 0.6 is 0 Å². The molecule has 0 aromatic carbocycles. The second kappa shape index (κ2) is 4.13. The first-order valence-electron chi connectivity index (χ1n) is 5.79. The highest BCUT2D eigenvalue weighted by Gasteiger charge is 2.55. The molecule has 1 saturated carbocycles. The third-order valence-corrected chi connectivity index (χ3v) is 3.42. The Hall–Kier alpha value is -0.560. The van der Waals surface area contributed by atoms with Crippen molar-refractivity contribution >= 4 is 0 Å². The van der Waals surface area contributed by atoms with Crippen molar-refractivity contribution in [2.45, 2.75) is 50.4 Å². The van der Waals surface area contributed by atoms with Gasteiger partial charge >= 0.3 is 0 Å². The van der Waals surface area contributed by atoms with Crippen LogP contribution in [0.4, 0.5) is 0 Å². The van der Waals surface area contributed by atoms with Crippen molar-refractivity contribution in [1.82, 2.24) is 5.32 Å². The summed E-state index contributed by atoms with van der Waals surface area (Å²) in [6.45, 7) is 2.58. The molecule has 0 aromatic rings. The van der Waals surface area contributed by atoms with E-state index in [4.69, 9.17) is 0 Å². The zero-order valence-corrected chi connectivity index (χ0v) is 9.16. The van der Waals surface area contributed by atoms with Crippen molar-refractivity contribution in [2.75, 3.05) is 6.54 Å². The first-order chi connectivity index (χ1) is 7.19. The first kappa shape index (κ1) is 10.9. The fraction of sp³-hybridized carbons (Fsp3) is 0.833. The van der Waals surface area contributed by atoms with E-state index in [9.17, 15) is 10.2 Å². The molecule has 3 N–H and O–H groups in total. The lowest BCUT2D eigenvalue weighted by Crippen LogP contribution is -2.57. The molecule has 1 spiro atoms. The van der Waals surface area contributed by atoms with E-state index in [1.165, 1.54) is 0 Å². The lowest BCUT2D eigenvalue weighted by atomic mass is 9.84. The molecule has 1 heterocycles. The highest BCUT2D eigenvalue weighted by atomic mass is 16.3. The molecule has 1 aliphatic heterocycles. The van der Waals surface area contributed by atoms with Crippen LogP contribution in [0.2, 0.25) is 0 Å². The molecule has 2 fully saturated rings. The lowest BCUT2D eigenvalue weighted by molar-refractivity contribution is -0.0393. The largest absolute Gasteiger partial charge is 0.389 e. The van der Waals surface area contributed by atoms with Crippen LogP contribution in [-0.2, 0) is 0 Å². The van der Waals surface area contributed by atoms with Gasteiger partial charge in [0.05, 0.1) is 18.1 Å². The number of hydrogen-bond donors (Lipinski definition) is 3. The number of unbranched alkanes of at least 4 members (excludes halogenated alkanes) is 1. The van der Waals surface area contributed by atoms with Crippen molar-refractivity contribution in [1.29, 1.82) is 0 Å². The van der Waals surface area contributed by atoms with Gasteiger partial charge < -0.3 is 15.5 Å². The average molecular weight is 209 g/mol. The topological polar surface area (TPSA) is 52.5 Å². The van der Waals surface area contributed by atoms with E-state index < -0.39 is 12.2 Å². The Kier molecular flexibility index (Phi) is 3.01. The molecule has 3 heteroatoms. The van der Waals surface area contributed by atoms with Crippen molar-refractivity contribution in [2.24, 2.45) is 5.92 Å². The maximum absolute atomic E-state index is 9.92. The maximum Gasteiger partial charge on any atom is 0.0966 e. The Morgan fingerprint density at radius 2 is 2.13 bits per heavy atom. The number of nitrogens with one attached hydrogen (secondary N) is 1. The van der Waals surface area contributed by atoms with E-state index in [0.717, 1.165) is 25.7 Å². The minimum atomic E-state index is -0.682. The van der Waals surface area contributed by atoms with Crippen LogP contribution in [-0.4, -0.2) is 34.5 Å². The third-order valence-electron chi connectivity index (χ3n) is 3.42. The SMILES string of the molecule is CCCC#CC1C(O)C(O)CNC12CC2. The summed E-state index contributed by atoms with van der Waals surface area (Å²) in [7, 11) is 0. The fourth-order valence-electron chi connectivity index (χ4n) is 2.24.